The summed E-state index contributed by atoms with van der Waals surface area (Å²) in [6.45, 7) is 3.61. The number of rotatable bonds is 1. The number of amides is 1. The van der Waals surface area contributed by atoms with Crippen LogP contribution in [-0.4, -0.2) is 29.9 Å². The molecule has 1 amide bonds. The topological polar surface area (TPSA) is 46.3 Å². The first-order valence-electron chi connectivity index (χ1n) is 7.36. The van der Waals surface area contributed by atoms with Crippen LogP contribution >= 0.6 is 11.6 Å². The Balaban J connectivity index is 1.78. The van der Waals surface area contributed by atoms with Gasteiger partial charge in [0.25, 0.3) is 5.91 Å². The predicted octanol–water partition coefficient (Wildman–Crippen LogP) is 2.85. The van der Waals surface area contributed by atoms with Crippen LogP contribution in [0.1, 0.15) is 35.2 Å². The lowest BCUT2D eigenvalue weighted by atomic mass is 9.78. The molecule has 1 aliphatic carbocycles. The van der Waals surface area contributed by atoms with E-state index in [9.17, 15) is 4.79 Å². The molecule has 3 atom stereocenters. The van der Waals surface area contributed by atoms with Crippen LogP contribution in [0.2, 0.25) is 5.02 Å². The van der Waals surface area contributed by atoms with Crippen molar-refractivity contribution in [3.05, 3.63) is 34.3 Å². The lowest BCUT2D eigenvalue weighted by Crippen LogP contribution is -2.38. The van der Waals surface area contributed by atoms with Gasteiger partial charge in [0, 0.05) is 29.7 Å². The number of nitrogens with two attached hydrogens (primary N) is 1. The van der Waals surface area contributed by atoms with Crippen molar-refractivity contribution in [1.82, 2.24) is 4.90 Å². The summed E-state index contributed by atoms with van der Waals surface area (Å²) in [7, 11) is 0. The van der Waals surface area contributed by atoms with E-state index < -0.39 is 0 Å². The quantitative estimate of drug-likeness (QED) is 0.865. The Morgan fingerprint density at radius 2 is 2.10 bits per heavy atom. The van der Waals surface area contributed by atoms with Crippen LogP contribution in [0.15, 0.2) is 18.2 Å². The highest BCUT2D eigenvalue weighted by Gasteiger charge is 2.40. The Bertz CT molecular complexity index is 511. The standard InChI is InChI=1S/C16H21ClN2O/c1-10-5-12(7-13(17)6-10)16(20)19-8-11-3-2-4-15(18)14(11)9-19/h5-7,11,14-15H,2-4,8-9,18H2,1H3. The maximum absolute atomic E-state index is 12.6. The van der Waals surface area contributed by atoms with E-state index in [4.69, 9.17) is 17.3 Å². The zero-order valence-electron chi connectivity index (χ0n) is 11.8. The molecule has 3 nitrogen and oxygen atoms in total. The van der Waals surface area contributed by atoms with E-state index in [1.165, 1.54) is 12.8 Å². The fraction of sp³-hybridized carbons (Fsp3) is 0.562. The lowest BCUT2D eigenvalue weighted by molar-refractivity contribution is 0.0783. The van der Waals surface area contributed by atoms with E-state index in [1.807, 2.05) is 24.0 Å². The third-order valence-electron chi connectivity index (χ3n) is 4.73. The average molecular weight is 293 g/mol. The first-order chi connectivity index (χ1) is 9.54. The summed E-state index contributed by atoms with van der Waals surface area (Å²) in [6.07, 6.45) is 3.50. The van der Waals surface area contributed by atoms with Crippen molar-refractivity contribution < 1.29 is 4.79 Å². The Hall–Kier alpha value is -1.06. The first-order valence-corrected chi connectivity index (χ1v) is 7.74. The summed E-state index contributed by atoms with van der Waals surface area (Å²) in [5.74, 6) is 1.16. The van der Waals surface area contributed by atoms with E-state index in [0.29, 0.717) is 22.4 Å². The summed E-state index contributed by atoms with van der Waals surface area (Å²) in [4.78, 5) is 14.6. The maximum atomic E-state index is 12.6. The van der Waals surface area contributed by atoms with Crippen molar-refractivity contribution in [3.8, 4) is 0 Å². The maximum Gasteiger partial charge on any atom is 0.253 e. The van der Waals surface area contributed by atoms with Gasteiger partial charge in [-0.25, -0.2) is 0 Å². The highest BCUT2D eigenvalue weighted by Crippen LogP contribution is 2.36. The monoisotopic (exact) mass is 292 g/mol. The van der Waals surface area contributed by atoms with Gasteiger partial charge >= 0.3 is 0 Å². The van der Waals surface area contributed by atoms with Gasteiger partial charge in [0.1, 0.15) is 0 Å². The SMILES string of the molecule is Cc1cc(Cl)cc(C(=O)N2CC3CCCC(N)C3C2)c1. The van der Waals surface area contributed by atoms with Gasteiger partial charge in [-0.3, -0.25) is 4.79 Å². The van der Waals surface area contributed by atoms with Gasteiger partial charge in [-0.1, -0.05) is 18.0 Å². The number of carbonyl (C=O) groups is 1. The molecular formula is C16H21ClN2O. The number of benzene rings is 1. The lowest BCUT2D eigenvalue weighted by Gasteiger charge is -2.29. The van der Waals surface area contributed by atoms with E-state index in [2.05, 4.69) is 0 Å². The zero-order valence-corrected chi connectivity index (χ0v) is 12.6. The summed E-state index contributed by atoms with van der Waals surface area (Å²) < 4.78 is 0. The molecular weight excluding hydrogens is 272 g/mol. The van der Waals surface area contributed by atoms with Crippen molar-refractivity contribution in [2.24, 2.45) is 17.6 Å². The van der Waals surface area contributed by atoms with Crippen LogP contribution in [0.25, 0.3) is 0 Å². The minimum Gasteiger partial charge on any atom is -0.338 e. The molecule has 2 N–H and O–H groups in total. The van der Waals surface area contributed by atoms with Crippen LogP contribution < -0.4 is 5.73 Å². The number of halogens is 1. The van der Waals surface area contributed by atoms with Crippen molar-refractivity contribution in [3.63, 3.8) is 0 Å². The summed E-state index contributed by atoms with van der Waals surface area (Å²) in [5.41, 5.74) is 7.93. The molecule has 20 heavy (non-hydrogen) atoms. The van der Waals surface area contributed by atoms with E-state index in [-0.39, 0.29) is 11.9 Å². The van der Waals surface area contributed by atoms with Crippen LogP contribution in [0, 0.1) is 18.8 Å². The van der Waals surface area contributed by atoms with Gasteiger partial charge in [0.05, 0.1) is 0 Å². The molecule has 3 rings (SSSR count). The van der Waals surface area contributed by atoms with Crippen LogP contribution in [0.5, 0.6) is 0 Å². The largest absolute Gasteiger partial charge is 0.338 e. The second-order valence-corrected chi connectivity index (χ2v) is 6.68. The number of hydrogen-bond acceptors (Lipinski definition) is 2. The van der Waals surface area contributed by atoms with E-state index in [1.54, 1.807) is 6.07 Å². The number of nitrogens with zero attached hydrogens (tertiary/aromatic N) is 1. The van der Waals surface area contributed by atoms with Gasteiger partial charge in [0.15, 0.2) is 0 Å². The second-order valence-electron chi connectivity index (χ2n) is 6.25. The normalized spacial score (nSPS) is 29.4. The van der Waals surface area contributed by atoms with Crippen molar-refractivity contribution in [1.29, 1.82) is 0 Å². The smallest absolute Gasteiger partial charge is 0.253 e. The molecule has 1 saturated carbocycles. The Labute approximate surface area is 125 Å². The highest BCUT2D eigenvalue weighted by atomic mass is 35.5. The summed E-state index contributed by atoms with van der Waals surface area (Å²) in [6, 6.07) is 5.81. The summed E-state index contributed by atoms with van der Waals surface area (Å²) in [5, 5.41) is 0.627. The van der Waals surface area contributed by atoms with Gasteiger partial charge in [0.2, 0.25) is 0 Å². The molecule has 0 radical (unpaired) electrons. The minimum atomic E-state index is 0.0946. The molecule has 1 heterocycles. The fourth-order valence-electron chi connectivity index (χ4n) is 3.72. The van der Waals surface area contributed by atoms with Gasteiger partial charge < -0.3 is 10.6 Å². The molecule has 1 saturated heterocycles. The Morgan fingerprint density at radius 1 is 1.30 bits per heavy atom. The zero-order chi connectivity index (χ0) is 14.3. The number of hydrogen-bond donors (Lipinski definition) is 1. The molecule has 1 aliphatic heterocycles. The molecule has 3 unspecified atom stereocenters. The Kier molecular flexibility index (Phi) is 3.74. The fourth-order valence-corrected chi connectivity index (χ4v) is 4.01. The third kappa shape index (κ3) is 2.57. The molecule has 4 heteroatoms. The molecule has 108 valence electrons. The first kappa shape index (κ1) is 13.9. The summed E-state index contributed by atoms with van der Waals surface area (Å²) >= 11 is 6.06. The van der Waals surface area contributed by atoms with Crippen LogP contribution in [0.3, 0.4) is 0 Å². The molecule has 0 aromatic heterocycles. The minimum absolute atomic E-state index is 0.0946. The van der Waals surface area contributed by atoms with Crippen molar-refractivity contribution in [2.45, 2.75) is 32.2 Å². The van der Waals surface area contributed by atoms with Gasteiger partial charge in [-0.05, 0) is 55.4 Å². The Morgan fingerprint density at radius 3 is 2.80 bits per heavy atom. The third-order valence-corrected chi connectivity index (χ3v) is 4.95. The van der Waals surface area contributed by atoms with Gasteiger partial charge in [-0.2, -0.15) is 0 Å². The highest BCUT2D eigenvalue weighted by molar-refractivity contribution is 6.31. The van der Waals surface area contributed by atoms with Crippen molar-refractivity contribution in [2.75, 3.05) is 13.1 Å². The molecule has 1 aromatic carbocycles. The van der Waals surface area contributed by atoms with Crippen LogP contribution in [0.4, 0.5) is 0 Å². The molecule has 1 aromatic rings. The van der Waals surface area contributed by atoms with E-state index >= 15 is 0 Å². The number of aryl methyl sites for hydroxylation is 1. The molecule has 0 spiro atoms. The molecule has 2 aliphatic rings. The molecule has 0 bridgehead atoms. The number of carbonyl (C=O) groups excluding carboxylic acids is 1. The number of likely N-dealkylation sites (tertiary alicyclic amines) is 1. The number of fused-ring (bicyclic) bond motifs is 1. The molecule has 2 fully saturated rings. The van der Waals surface area contributed by atoms with Gasteiger partial charge in [-0.15, -0.1) is 0 Å². The predicted molar refractivity (Wildman–Crippen MR) is 80.9 cm³/mol. The van der Waals surface area contributed by atoms with Crippen molar-refractivity contribution >= 4 is 17.5 Å². The second kappa shape index (κ2) is 5.38. The average Bonchev–Trinajstić information content (AvgIpc) is 2.82. The van der Waals surface area contributed by atoms with E-state index in [0.717, 1.165) is 25.1 Å². The van der Waals surface area contributed by atoms with Crippen LogP contribution in [-0.2, 0) is 0 Å².